The van der Waals surface area contributed by atoms with Crippen LogP contribution >= 0.6 is 0 Å². The molecule has 0 bridgehead atoms. The van der Waals surface area contributed by atoms with Crippen molar-refractivity contribution in [2.24, 2.45) is 7.05 Å². The molecule has 1 aromatic carbocycles. The number of nitrogens with zero attached hydrogens (tertiary/aromatic N) is 3. The van der Waals surface area contributed by atoms with Gasteiger partial charge in [0.25, 0.3) is 5.91 Å². The smallest absolute Gasteiger partial charge is 0.272 e. The van der Waals surface area contributed by atoms with Crippen LogP contribution in [0.25, 0.3) is 11.3 Å². The monoisotopic (exact) mass is 317 g/mol. The highest BCUT2D eigenvalue weighted by Gasteiger charge is 2.28. The Morgan fingerprint density at radius 2 is 1.83 bits per heavy atom. The highest BCUT2D eigenvalue weighted by Crippen LogP contribution is 2.21. The average Bonchev–Trinajstić information content (AvgIpc) is 2.88. The largest absolute Gasteiger partial charge is 0.372 e. The molecule has 1 aliphatic rings. The zero-order valence-corrected chi connectivity index (χ0v) is 13.5. The van der Waals surface area contributed by atoms with E-state index in [1.807, 2.05) is 13.8 Å². The molecule has 6 heteroatoms. The van der Waals surface area contributed by atoms with Gasteiger partial charge in [0, 0.05) is 25.7 Å². The van der Waals surface area contributed by atoms with Crippen molar-refractivity contribution in [2.75, 3.05) is 13.1 Å². The first-order chi connectivity index (χ1) is 10.9. The number of carbonyl (C=O) groups is 1. The molecule has 1 amide bonds. The fraction of sp³-hybridized carbons (Fsp3) is 0.412. The lowest BCUT2D eigenvalue weighted by Gasteiger charge is -2.35. The molecule has 2 aromatic rings. The molecule has 0 radical (unpaired) electrons. The summed E-state index contributed by atoms with van der Waals surface area (Å²) in [6, 6.07) is 7.84. The highest BCUT2D eigenvalue weighted by atomic mass is 19.1. The van der Waals surface area contributed by atoms with E-state index in [0.717, 1.165) is 5.56 Å². The minimum Gasteiger partial charge on any atom is -0.372 e. The zero-order valence-electron chi connectivity index (χ0n) is 13.5. The van der Waals surface area contributed by atoms with E-state index in [2.05, 4.69) is 5.10 Å². The van der Waals surface area contributed by atoms with Crippen LogP contribution in [-0.4, -0.2) is 45.9 Å². The van der Waals surface area contributed by atoms with Crippen molar-refractivity contribution >= 4 is 5.91 Å². The van der Waals surface area contributed by atoms with E-state index in [-0.39, 0.29) is 23.9 Å². The van der Waals surface area contributed by atoms with Crippen molar-refractivity contribution in [3.05, 3.63) is 41.8 Å². The molecule has 0 N–H and O–H groups in total. The summed E-state index contributed by atoms with van der Waals surface area (Å²) in [7, 11) is 1.74. The summed E-state index contributed by atoms with van der Waals surface area (Å²) in [5.74, 6) is -0.354. The molecule has 3 rings (SSSR count). The first kappa shape index (κ1) is 15.7. The maximum Gasteiger partial charge on any atom is 0.272 e. The van der Waals surface area contributed by atoms with Crippen molar-refractivity contribution in [1.29, 1.82) is 0 Å². The summed E-state index contributed by atoms with van der Waals surface area (Å²) < 4.78 is 20.3. The Hall–Kier alpha value is -2.21. The number of hydrogen-bond acceptors (Lipinski definition) is 3. The fourth-order valence-electron chi connectivity index (χ4n) is 2.93. The van der Waals surface area contributed by atoms with Crippen molar-refractivity contribution in [2.45, 2.75) is 26.1 Å². The number of ether oxygens (including phenoxy) is 1. The predicted molar refractivity (Wildman–Crippen MR) is 84.5 cm³/mol. The van der Waals surface area contributed by atoms with E-state index in [0.29, 0.717) is 24.5 Å². The summed E-state index contributed by atoms with van der Waals surface area (Å²) in [6.45, 7) is 5.06. The molecule has 2 heterocycles. The van der Waals surface area contributed by atoms with Crippen molar-refractivity contribution in [1.82, 2.24) is 14.7 Å². The first-order valence-electron chi connectivity index (χ1n) is 7.68. The Bertz CT molecular complexity index is 701. The molecule has 1 aromatic heterocycles. The number of morpholine rings is 1. The SMILES string of the molecule is CC1CN(C(=O)c2cc(-c3ccc(F)cc3)nn2C)CC(C)O1. The number of hydrogen-bond donors (Lipinski definition) is 0. The molecule has 1 aliphatic heterocycles. The van der Waals surface area contributed by atoms with E-state index >= 15 is 0 Å². The molecule has 0 saturated carbocycles. The van der Waals surface area contributed by atoms with Crippen molar-refractivity contribution in [3.8, 4) is 11.3 Å². The Kier molecular flexibility index (Phi) is 4.17. The van der Waals surface area contributed by atoms with Crippen molar-refractivity contribution < 1.29 is 13.9 Å². The number of amides is 1. The van der Waals surface area contributed by atoms with Crippen LogP contribution in [0.4, 0.5) is 4.39 Å². The summed E-state index contributed by atoms with van der Waals surface area (Å²) in [4.78, 5) is 14.6. The quantitative estimate of drug-likeness (QED) is 0.855. The van der Waals surface area contributed by atoms with Gasteiger partial charge in [0.05, 0.1) is 17.9 Å². The molecular formula is C17H20FN3O2. The highest BCUT2D eigenvalue weighted by molar-refractivity contribution is 5.93. The maximum absolute atomic E-state index is 13.0. The number of aryl methyl sites for hydroxylation is 1. The van der Waals surface area contributed by atoms with Gasteiger partial charge >= 0.3 is 0 Å². The molecule has 0 aliphatic carbocycles. The Morgan fingerprint density at radius 3 is 2.43 bits per heavy atom. The average molecular weight is 317 g/mol. The van der Waals surface area contributed by atoms with Gasteiger partial charge in [-0.3, -0.25) is 9.48 Å². The Labute approximate surface area is 134 Å². The second-order valence-corrected chi connectivity index (χ2v) is 6.01. The van der Waals surface area contributed by atoms with E-state index in [4.69, 9.17) is 4.74 Å². The third-order valence-electron chi connectivity index (χ3n) is 3.95. The number of aromatic nitrogens is 2. The molecule has 1 saturated heterocycles. The number of halogens is 1. The molecule has 0 spiro atoms. The van der Waals surface area contributed by atoms with E-state index in [1.54, 1.807) is 34.8 Å². The second-order valence-electron chi connectivity index (χ2n) is 6.01. The molecule has 1 fully saturated rings. The predicted octanol–water partition coefficient (Wildman–Crippen LogP) is 2.48. The second kappa shape index (κ2) is 6.12. The number of benzene rings is 1. The fourth-order valence-corrected chi connectivity index (χ4v) is 2.93. The molecule has 122 valence electrons. The Morgan fingerprint density at radius 1 is 1.22 bits per heavy atom. The number of rotatable bonds is 2. The Balaban J connectivity index is 1.85. The normalized spacial score (nSPS) is 21.5. The van der Waals surface area contributed by atoms with Crippen LogP contribution in [0.15, 0.2) is 30.3 Å². The van der Waals surface area contributed by atoms with Crippen LogP contribution in [0.1, 0.15) is 24.3 Å². The van der Waals surface area contributed by atoms with Gasteiger partial charge in [-0.15, -0.1) is 0 Å². The third-order valence-corrected chi connectivity index (χ3v) is 3.95. The molecule has 2 atom stereocenters. The van der Waals surface area contributed by atoms with Gasteiger partial charge < -0.3 is 9.64 Å². The molecule has 2 unspecified atom stereocenters. The minimum absolute atomic E-state index is 0.0208. The van der Waals surface area contributed by atoms with Gasteiger partial charge in [0.15, 0.2) is 0 Å². The standard InChI is InChI=1S/C17H20FN3O2/c1-11-9-21(10-12(2)23-11)17(22)16-8-15(19-20(16)3)13-4-6-14(18)7-5-13/h4-8,11-12H,9-10H2,1-3H3. The van der Waals surface area contributed by atoms with Gasteiger partial charge in [-0.05, 0) is 44.2 Å². The van der Waals surface area contributed by atoms with Gasteiger partial charge in [-0.2, -0.15) is 5.10 Å². The third kappa shape index (κ3) is 3.27. The van der Waals surface area contributed by atoms with Crippen LogP contribution in [0.3, 0.4) is 0 Å². The van der Waals surface area contributed by atoms with Crippen LogP contribution in [0, 0.1) is 5.82 Å². The number of carbonyl (C=O) groups excluding carboxylic acids is 1. The van der Waals surface area contributed by atoms with Crippen LogP contribution < -0.4 is 0 Å². The van der Waals surface area contributed by atoms with E-state index in [1.165, 1.54) is 12.1 Å². The first-order valence-corrected chi connectivity index (χ1v) is 7.68. The minimum atomic E-state index is -0.294. The van der Waals surface area contributed by atoms with Crippen LogP contribution in [-0.2, 0) is 11.8 Å². The van der Waals surface area contributed by atoms with Crippen LogP contribution in [0.5, 0.6) is 0 Å². The molecule has 5 nitrogen and oxygen atoms in total. The lowest BCUT2D eigenvalue weighted by molar-refractivity contribution is -0.0588. The summed E-state index contributed by atoms with van der Waals surface area (Å²) in [5.41, 5.74) is 1.96. The van der Waals surface area contributed by atoms with Gasteiger partial charge in [0.2, 0.25) is 0 Å². The van der Waals surface area contributed by atoms with Gasteiger partial charge in [-0.25, -0.2) is 4.39 Å². The molecule has 23 heavy (non-hydrogen) atoms. The lowest BCUT2D eigenvalue weighted by Crippen LogP contribution is -2.48. The van der Waals surface area contributed by atoms with E-state index in [9.17, 15) is 9.18 Å². The van der Waals surface area contributed by atoms with Crippen molar-refractivity contribution in [3.63, 3.8) is 0 Å². The maximum atomic E-state index is 13.0. The summed E-state index contributed by atoms with van der Waals surface area (Å²) in [6.07, 6.45) is 0.0417. The van der Waals surface area contributed by atoms with Crippen LogP contribution in [0.2, 0.25) is 0 Å². The summed E-state index contributed by atoms with van der Waals surface area (Å²) in [5, 5.41) is 4.38. The van der Waals surface area contributed by atoms with E-state index < -0.39 is 0 Å². The van der Waals surface area contributed by atoms with Gasteiger partial charge in [0.1, 0.15) is 11.5 Å². The topological polar surface area (TPSA) is 47.4 Å². The zero-order chi connectivity index (χ0) is 16.6. The van der Waals surface area contributed by atoms with Gasteiger partial charge in [-0.1, -0.05) is 0 Å². The lowest BCUT2D eigenvalue weighted by atomic mass is 10.1. The summed E-state index contributed by atoms with van der Waals surface area (Å²) >= 11 is 0. The molecular weight excluding hydrogens is 297 g/mol.